The van der Waals surface area contributed by atoms with E-state index in [0.717, 1.165) is 19.5 Å². The molecule has 1 unspecified atom stereocenters. The Morgan fingerprint density at radius 2 is 1.89 bits per heavy atom. The first-order valence-corrected chi connectivity index (χ1v) is 7.14. The Labute approximate surface area is 117 Å². The summed E-state index contributed by atoms with van der Waals surface area (Å²) in [5.41, 5.74) is 6.22. The van der Waals surface area contributed by atoms with E-state index in [0.29, 0.717) is 13.1 Å². The van der Waals surface area contributed by atoms with Gasteiger partial charge in [-0.1, -0.05) is 44.2 Å². The lowest BCUT2D eigenvalue weighted by Gasteiger charge is -2.34. The number of aliphatic hydroxyl groups is 1. The molecule has 0 saturated heterocycles. The smallest absolute Gasteiger partial charge is 0.0768 e. The molecular weight excluding hydrogens is 236 g/mol. The summed E-state index contributed by atoms with van der Waals surface area (Å²) in [5, 5.41) is 10.5. The Bertz CT molecular complexity index is 349. The second-order valence-electron chi connectivity index (χ2n) is 5.85. The number of rotatable bonds is 8. The van der Waals surface area contributed by atoms with Crippen LogP contribution >= 0.6 is 0 Å². The van der Waals surface area contributed by atoms with E-state index in [1.54, 1.807) is 0 Å². The van der Waals surface area contributed by atoms with Gasteiger partial charge in [-0.05, 0) is 37.9 Å². The normalized spacial score (nSPS) is 14.9. The van der Waals surface area contributed by atoms with Crippen LogP contribution in [0.3, 0.4) is 0 Å². The van der Waals surface area contributed by atoms with Crippen LogP contribution in [0.15, 0.2) is 30.3 Å². The van der Waals surface area contributed by atoms with Crippen LogP contribution in [-0.2, 0) is 6.54 Å². The molecule has 1 atom stereocenters. The van der Waals surface area contributed by atoms with E-state index in [9.17, 15) is 5.11 Å². The second kappa shape index (κ2) is 7.63. The first-order chi connectivity index (χ1) is 8.95. The molecule has 3 nitrogen and oxygen atoms in total. The van der Waals surface area contributed by atoms with Crippen molar-refractivity contribution in [3.63, 3.8) is 0 Å². The van der Waals surface area contributed by atoms with Gasteiger partial charge in [0.15, 0.2) is 0 Å². The van der Waals surface area contributed by atoms with Crippen LogP contribution in [0, 0.1) is 5.92 Å². The molecule has 1 rings (SSSR count). The van der Waals surface area contributed by atoms with Crippen LogP contribution in [0.2, 0.25) is 0 Å². The average Bonchev–Trinajstić information content (AvgIpc) is 2.36. The minimum absolute atomic E-state index is 0.239. The lowest BCUT2D eigenvalue weighted by molar-refractivity contribution is -0.0209. The number of nitrogens with two attached hydrogens (primary N) is 1. The molecule has 0 spiro atoms. The maximum atomic E-state index is 10.5. The molecule has 0 amide bonds. The largest absolute Gasteiger partial charge is 0.389 e. The van der Waals surface area contributed by atoms with Gasteiger partial charge in [0.2, 0.25) is 0 Å². The number of hydrogen-bond acceptors (Lipinski definition) is 3. The third kappa shape index (κ3) is 5.72. The van der Waals surface area contributed by atoms with Gasteiger partial charge in [0.05, 0.1) is 5.60 Å². The van der Waals surface area contributed by atoms with Crippen molar-refractivity contribution >= 4 is 0 Å². The Hall–Kier alpha value is -0.900. The van der Waals surface area contributed by atoms with E-state index in [-0.39, 0.29) is 5.92 Å². The molecule has 0 bridgehead atoms. The molecule has 3 N–H and O–H groups in total. The summed E-state index contributed by atoms with van der Waals surface area (Å²) in [5.74, 6) is 0.239. The van der Waals surface area contributed by atoms with Crippen molar-refractivity contribution in [2.24, 2.45) is 11.7 Å². The van der Waals surface area contributed by atoms with E-state index in [4.69, 9.17) is 5.73 Å². The van der Waals surface area contributed by atoms with Crippen LogP contribution in [0.4, 0.5) is 0 Å². The molecule has 0 aromatic heterocycles. The summed E-state index contributed by atoms with van der Waals surface area (Å²) in [6.07, 6.45) is 0.959. The average molecular weight is 264 g/mol. The summed E-state index contributed by atoms with van der Waals surface area (Å²) >= 11 is 0. The van der Waals surface area contributed by atoms with E-state index >= 15 is 0 Å². The fourth-order valence-electron chi connectivity index (χ4n) is 2.01. The standard InChI is InChI=1S/C16H28N2O/c1-14(2)16(3,19)13-18(11-7-10-17)12-15-8-5-4-6-9-15/h4-6,8-9,14,19H,7,10-13,17H2,1-3H3. The lowest BCUT2D eigenvalue weighted by atomic mass is 9.91. The third-order valence-electron chi connectivity index (χ3n) is 3.71. The van der Waals surface area contributed by atoms with E-state index in [1.165, 1.54) is 5.56 Å². The molecular formula is C16H28N2O. The van der Waals surface area contributed by atoms with E-state index < -0.39 is 5.60 Å². The molecule has 0 aliphatic rings. The predicted octanol–water partition coefficient (Wildman–Crippen LogP) is 2.24. The molecule has 0 saturated carbocycles. The van der Waals surface area contributed by atoms with E-state index in [2.05, 4.69) is 43.0 Å². The maximum Gasteiger partial charge on any atom is 0.0768 e. The highest BCUT2D eigenvalue weighted by Gasteiger charge is 2.27. The van der Waals surface area contributed by atoms with Crippen LogP contribution in [0.1, 0.15) is 32.8 Å². The highest BCUT2D eigenvalue weighted by atomic mass is 16.3. The van der Waals surface area contributed by atoms with Crippen molar-refractivity contribution in [3.8, 4) is 0 Å². The molecule has 19 heavy (non-hydrogen) atoms. The van der Waals surface area contributed by atoms with Gasteiger partial charge in [-0.2, -0.15) is 0 Å². The van der Waals surface area contributed by atoms with Gasteiger partial charge in [-0.25, -0.2) is 0 Å². The third-order valence-corrected chi connectivity index (χ3v) is 3.71. The van der Waals surface area contributed by atoms with Gasteiger partial charge in [0, 0.05) is 13.1 Å². The summed E-state index contributed by atoms with van der Waals surface area (Å²) in [6, 6.07) is 10.4. The van der Waals surface area contributed by atoms with Crippen LogP contribution < -0.4 is 5.73 Å². The molecule has 108 valence electrons. The Morgan fingerprint density at radius 3 is 2.42 bits per heavy atom. The lowest BCUT2D eigenvalue weighted by Crippen LogP contribution is -2.44. The van der Waals surface area contributed by atoms with Gasteiger partial charge in [-0.3, -0.25) is 4.90 Å². The molecule has 0 heterocycles. The second-order valence-corrected chi connectivity index (χ2v) is 5.85. The molecule has 0 aliphatic heterocycles. The first-order valence-electron chi connectivity index (χ1n) is 7.14. The monoisotopic (exact) mass is 264 g/mol. The quantitative estimate of drug-likeness (QED) is 0.757. The highest BCUT2D eigenvalue weighted by Crippen LogP contribution is 2.19. The topological polar surface area (TPSA) is 49.5 Å². The predicted molar refractivity (Wildman–Crippen MR) is 80.9 cm³/mol. The van der Waals surface area contributed by atoms with Crippen molar-refractivity contribution in [3.05, 3.63) is 35.9 Å². The Morgan fingerprint density at radius 1 is 1.26 bits per heavy atom. The molecule has 1 aromatic carbocycles. The zero-order valence-corrected chi connectivity index (χ0v) is 12.5. The highest BCUT2D eigenvalue weighted by molar-refractivity contribution is 5.14. The zero-order chi connectivity index (χ0) is 14.3. The van der Waals surface area contributed by atoms with E-state index in [1.807, 2.05) is 13.0 Å². The number of benzene rings is 1. The van der Waals surface area contributed by atoms with Crippen molar-refractivity contribution in [2.45, 2.75) is 39.3 Å². The van der Waals surface area contributed by atoms with Gasteiger partial charge in [0.25, 0.3) is 0 Å². The van der Waals surface area contributed by atoms with Crippen molar-refractivity contribution in [2.75, 3.05) is 19.6 Å². The van der Waals surface area contributed by atoms with Crippen LogP contribution in [-0.4, -0.2) is 35.2 Å². The molecule has 0 aliphatic carbocycles. The van der Waals surface area contributed by atoms with Gasteiger partial charge < -0.3 is 10.8 Å². The minimum atomic E-state index is -0.663. The fraction of sp³-hybridized carbons (Fsp3) is 0.625. The maximum absolute atomic E-state index is 10.5. The summed E-state index contributed by atoms with van der Waals surface area (Å²) < 4.78 is 0. The first kappa shape index (κ1) is 16.2. The van der Waals surface area contributed by atoms with Crippen molar-refractivity contribution in [1.82, 2.24) is 4.90 Å². The van der Waals surface area contributed by atoms with Crippen LogP contribution in [0.5, 0.6) is 0 Å². The van der Waals surface area contributed by atoms with Crippen LogP contribution in [0.25, 0.3) is 0 Å². The number of nitrogens with zero attached hydrogens (tertiary/aromatic N) is 1. The molecule has 0 radical (unpaired) electrons. The van der Waals surface area contributed by atoms with Gasteiger partial charge in [-0.15, -0.1) is 0 Å². The summed E-state index contributed by atoms with van der Waals surface area (Å²) in [7, 11) is 0. The van der Waals surface area contributed by atoms with Crippen molar-refractivity contribution < 1.29 is 5.11 Å². The minimum Gasteiger partial charge on any atom is -0.389 e. The number of hydrogen-bond donors (Lipinski definition) is 2. The SMILES string of the molecule is CC(C)C(C)(O)CN(CCCN)Cc1ccccc1. The summed E-state index contributed by atoms with van der Waals surface area (Å²) in [6.45, 7) is 9.19. The summed E-state index contributed by atoms with van der Waals surface area (Å²) in [4.78, 5) is 2.29. The van der Waals surface area contributed by atoms with Gasteiger partial charge >= 0.3 is 0 Å². The molecule has 3 heteroatoms. The zero-order valence-electron chi connectivity index (χ0n) is 12.5. The van der Waals surface area contributed by atoms with Crippen molar-refractivity contribution in [1.29, 1.82) is 0 Å². The Kier molecular flexibility index (Phi) is 6.49. The van der Waals surface area contributed by atoms with Gasteiger partial charge in [0.1, 0.15) is 0 Å². The molecule has 0 fully saturated rings. The fourth-order valence-corrected chi connectivity index (χ4v) is 2.01. The molecule has 1 aromatic rings. The Balaban J connectivity index is 2.66.